The zero-order valence-corrected chi connectivity index (χ0v) is 28.1. The molecule has 53 heavy (non-hydrogen) atoms. The van der Waals surface area contributed by atoms with Crippen LogP contribution in [0.15, 0.2) is 41.2 Å². The van der Waals surface area contributed by atoms with Gasteiger partial charge in [0.25, 0.3) is 5.56 Å². The van der Waals surface area contributed by atoms with E-state index in [1.54, 1.807) is 29.7 Å². The van der Waals surface area contributed by atoms with Crippen molar-refractivity contribution in [3.8, 4) is 22.9 Å². The summed E-state index contributed by atoms with van der Waals surface area (Å²) in [6.07, 6.45) is -7.39. The number of ether oxygens (including phenoxy) is 4. The molecule has 2 aromatic carbocycles. The lowest BCUT2D eigenvalue weighted by molar-refractivity contribution is -0.387. The Morgan fingerprint density at radius 3 is 2.53 bits per heavy atom. The molecule has 1 aliphatic carbocycles. The summed E-state index contributed by atoms with van der Waals surface area (Å²) in [5.74, 6) is -2.25. The molecule has 1 fully saturated rings. The van der Waals surface area contributed by atoms with E-state index in [0.29, 0.717) is 34.6 Å². The lowest BCUT2D eigenvalue weighted by atomic mass is 9.85. The molecular formula is C36H33N3O14. The number of nitrogens with zero attached hydrogens (tertiary/aromatic N) is 3. The van der Waals surface area contributed by atoms with Crippen molar-refractivity contribution < 1.29 is 59.0 Å². The van der Waals surface area contributed by atoms with Crippen LogP contribution >= 0.6 is 0 Å². The van der Waals surface area contributed by atoms with Gasteiger partial charge < -0.3 is 49.0 Å². The molecule has 4 aliphatic rings. The summed E-state index contributed by atoms with van der Waals surface area (Å²) in [5, 5.41) is 63.8. The number of aliphatic hydroxyl groups is 4. The normalized spacial score (nSPS) is 25.6. The van der Waals surface area contributed by atoms with Gasteiger partial charge in [0, 0.05) is 28.1 Å². The minimum Gasteiger partial charge on any atom is -0.489 e. The van der Waals surface area contributed by atoms with Crippen molar-refractivity contribution in [1.29, 1.82) is 0 Å². The molecule has 3 aliphatic heterocycles. The van der Waals surface area contributed by atoms with Crippen LogP contribution in [0.1, 0.15) is 53.1 Å². The van der Waals surface area contributed by atoms with Gasteiger partial charge in [-0.25, -0.2) is 14.6 Å². The molecular weight excluding hydrogens is 698 g/mol. The minimum absolute atomic E-state index is 0.0354. The number of pyridine rings is 2. The second-order valence-corrected chi connectivity index (χ2v) is 13.5. The average molecular weight is 732 g/mol. The van der Waals surface area contributed by atoms with E-state index in [4.69, 9.17) is 23.9 Å². The first kappa shape index (κ1) is 34.6. The van der Waals surface area contributed by atoms with Crippen LogP contribution in [0.5, 0.6) is 11.5 Å². The molecule has 0 saturated carbocycles. The number of nitro benzene ring substituents is 1. The van der Waals surface area contributed by atoms with Crippen molar-refractivity contribution in [1.82, 2.24) is 9.55 Å². The highest BCUT2D eigenvalue weighted by Crippen LogP contribution is 2.44. The van der Waals surface area contributed by atoms with Crippen LogP contribution in [-0.4, -0.2) is 82.7 Å². The molecule has 5 N–H and O–H groups in total. The number of aliphatic hydroxyl groups excluding tert-OH is 3. The largest absolute Gasteiger partial charge is 0.489 e. The Labute approximate surface area is 298 Å². The van der Waals surface area contributed by atoms with E-state index < -0.39 is 58.9 Å². The molecule has 2 unspecified atom stereocenters. The number of carbonyl (C=O) groups excluding carboxylic acids is 1. The fraction of sp³-hybridized carbons (Fsp3) is 0.389. The van der Waals surface area contributed by atoms with Crippen LogP contribution in [0.4, 0.5) is 5.69 Å². The number of cyclic esters (lactones) is 1. The van der Waals surface area contributed by atoms with Gasteiger partial charge in [0.15, 0.2) is 17.5 Å². The third-order valence-electron chi connectivity index (χ3n) is 10.6. The number of hydrogen-bond acceptors (Lipinski definition) is 14. The number of carboxylic acids is 1. The molecule has 5 heterocycles. The van der Waals surface area contributed by atoms with E-state index in [1.807, 2.05) is 0 Å². The van der Waals surface area contributed by atoms with Crippen molar-refractivity contribution >= 4 is 28.5 Å². The highest BCUT2D eigenvalue weighted by atomic mass is 16.7. The van der Waals surface area contributed by atoms with Crippen LogP contribution in [0.3, 0.4) is 0 Å². The third-order valence-corrected chi connectivity index (χ3v) is 10.6. The summed E-state index contributed by atoms with van der Waals surface area (Å²) < 4.78 is 23.6. The molecule has 8 rings (SSSR count). The molecule has 0 spiro atoms. The van der Waals surface area contributed by atoms with Gasteiger partial charge in [-0.05, 0) is 61.1 Å². The number of rotatable bonds is 8. The van der Waals surface area contributed by atoms with Crippen molar-refractivity contribution in [2.75, 3.05) is 0 Å². The number of carboxylic acid groups (broad SMARTS) is 1. The van der Waals surface area contributed by atoms with Gasteiger partial charge in [-0.15, -0.1) is 0 Å². The minimum atomic E-state index is -1.96. The lowest BCUT2D eigenvalue weighted by Crippen LogP contribution is -2.61. The summed E-state index contributed by atoms with van der Waals surface area (Å²) in [7, 11) is 0. The van der Waals surface area contributed by atoms with Gasteiger partial charge in [0.05, 0.1) is 33.9 Å². The fourth-order valence-corrected chi connectivity index (χ4v) is 7.75. The second kappa shape index (κ2) is 12.6. The number of fused-ring (bicyclic) bond motifs is 5. The highest BCUT2D eigenvalue weighted by molar-refractivity contribution is 5.93. The average Bonchev–Trinajstić information content (AvgIpc) is 3.52. The van der Waals surface area contributed by atoms with Crippen molar-refractivity contribution in [3.05, 3.63) is 90.2 Å². The molecule has 17 nitrogen and oxygen atoms in total. The van der Waals surface area contributed by atoms with Gasteiger partial charge in [-0.2, -0.15) is 0 Å². The first-order valence-electron chi connectivity index (χ1n) is 17.0. The maximum Gasteiger partial charge on any atom is 0.343 e. The zero-order valence-electron chi connectivity index (χ0n) is 28.1. The number of esters is 1. The fourth-order valence-electron chi connectivity index (χ4n) is 7.75. The Morgan fingerprint density at radius 2 is 1.79 bits per heavy atom. The number of carbonyl (C=O) groups is 2. The summed E-state index contributed by atoms with van der Waals surface area (Å²) in [6.45, 7) is 1.60. The van der Waals surface area contributed by atoms with Crippen molar-refractivity contribution in [2.45, 2.75) is 88.7 Å². The molecule has 0 amide bonds. The molecule has 6 atom stereocenters. The first-order chi connectivity index (χ1) is 25.3. The molecule has 17 heteroatoms. The number of aromatic nitrogens is 2. The highest BCUT2D eigenvalue weighted by Gasteiger charge is 2.49. The van der Waals surface area contributed by atoms with E-state index >= 15 is 0 Å². The lowest BCUT2D eigenvalue weighted by Gasteiger charge is -2.38. The van der Waals surface area contributed by atoms with E-state index in [1.165, 1.54) is 18.2 Å². The van der Waals surface area contributed by atoms with E-state index in [-0.39, 0.29) is 48.6 Å². The Balaban J connectivity index is 1.08. The van der Waals surface area contributed by atoms with Gasteiger partial charge in [-0.3, -0.25) is 14.9 Å². The second-order valence-electron chi connectivity index (χ2n) is 13.5. The topological polar surface area (TPSA) is 250 Å². The molecule has 4 aromatic rings. The van der Waals surface area contributed by atoms with Crippen LogP contribution in [0.25, 0.3) is 22.3 Å². The molecule has 0 radical (unpaired) electrons. The standard InChI is InChI=1S/C36H33N3O14/c1-2-36(47)20-11-23-27-18(12-38(23)32(43)19(20)14-51-35(36)46)16-4-3-5-17-24(9-7-21(37-27)26(16)17)50-13-15-6-8-25(22(10-15)39(48)49)52-34-30(42)28(40)29(41)31(53-34)33(44)45/h6-11,28-31,34,40-42,47H,2-5,12-14H2,1H3,(H,44,45)/t28-,29-,30?,31?,34+,36-/m0/s1. The molecule has 276 valence electrons. The van der Waals surface area contributed by atoms with Gasteiger partial charge in [-0.1, -0.05) is 13.0 Å². The number of aliphatic carboxylic acids is 1. The maximum atomic E-state index is 13.7. The van der Waals surface area contributed by atoms with Gasteiger partial charge in [0.1, 0.15) is 37.3 Å². The number of benzene rings is 2. The first-order valence-corrected chi connectivity index (χ1v) is 17.0. The number of nitro groups is 1. The Hall–Kier alpha value is -5.46. The predicted molar refractivity (Wildman–Crippen MR) is 179 cm³/mol. The Bertz CT molecular complexity index is 2310. The van der Waals surface area contributed by atoms with Crippen molar-refractivity contribution in [2.24, 2.45) is 0 Å². The molecule has 1 saturated heterocycles. The summed E-state index contributed by atoms with van der Waals surface area (Å²) in [6, 6.07) is 9.16. The van der Waals surface area contributed by atoms with Gasteiger partial charge >= 0.3 is 17.6 Å². The van der Waals surface area contributed by atoms with Crippen LogP contribution < -0.4 is 15.0 Å². The zero-order chi connectivity index (χ0) is 37.5. The van der Waals surface area contributed by atoms with Crippen LogP contribution in [0.2, 0.25) is 0 Å². The van der Waals surface area contributed by atoms with E-state index in [0.717, 1.165) is 34.9 Å². The van der Waals surface area contributed by atoms with Crippen LogP contribution in [-0.2, 0) is 57.3 Å². The summed E-state index contributed by atoms with van der Waals surface area (Å²) in [4.78, 5) is 54.0. The summed E-state index contributed by atoms with van der Waals surface area (Å²) >= 11 is 0. The quantitative estimate of drug-likeness (QED) is 0.0858. The number of hydrogen-bond donors (Lipinski definition) is 5. The molecule has 0 bridgehead atoms. The number of aryl methyl sites for hydroxylation is 2. The Kier molecular flexibility index (Phi) is 8.23. The van der Waals surface area contributed by atoms with E-state index in [9.17, 15) is 50.0 Å². The maximum absolute atomic E-state index is 13.7. The van der Waals surface area contributed by atoms with Crippen molar-refractivity contribution in [3.63, 3.8) is 0 Å². The van der Waals surface area contributed by atoms with Gasteiger partial charge in [0.2, 0.25) is 6.29 Å². The summed E-state index contributed by atoms with van der Waals surface area (Å²) in [5.41, 5.74) is 2.63. The third kappa shape index (κ3) is 5.34. The van der Waals surface area contributed by atoms with E-state index in [2.05, 4.69) is 0 Å². The SMILES string of the molecule is CC[C@@]1(O)C(=O)OCc2c1cc1n(c2=O)Cc2c-1nc1ccc(OCc3ccc(O[C@@H]4OC(C(=O)O)[C@@H](O)[C@H](O)C4O)c([N+](=O)[O-])c3)c3c1c2CCC3. The van der Waals surface area contributed by atoms with Crippen LogP contribution in [0, 0.1) is 10.1 Å². The smallest absolute Gasteiger partial charge is 0.343 e. The molecule has 2 aromatic heterocycles. The predicted octanol–water partition coefficient (Wildman–Crippen LogP) is 1.33. The Morgan fingerprint density at radius 1 is 1.04 bits per heavy atom. The monoisotopic (exact) mass is 731 g/mol.